The Labute approximate surface area is 239 Å². The molecule has 2 aliphatic rings. The standard InChI is InChI=1S/C29H34ClFN4O4Si/c1-40(2,3)15-14-38-19-35-17-21(16-20-8-5-4-6-9-20)32-26(35)27(36)34-13-7-12-29(18-34)24-23(33-28(37)39-29)11-10-22(30)25(24)31/h4-6,8-11,17H,7,12-16,18-19H2,1-3H3,(H,33,37)/t29-/m0/s1. The van der Waals surface area contributed by atoms with Gasteiger partial charge in [-0.3, -0.25) is 10.1 Å². The molecule has 2 aliphatic heterocycles. The van der Waals surface area contributed by atoms with Crippen molar-refractivity contribution in [3.8, 4) is 0 Å². The van der Waals surface area contributed by atoms with E-state index in [4.69, 9.17) is 26.1 Å². The highest BCUT2D eigenvalue weighted by Gasteiger charge is 2.49. The topological polar surface area (TPSA) is 85.7 Å². The molecule has 0 radical (unpaired) electrons. The normalized spacial score (nSPS) is 18.8. The van der Waals surface area contributed by atoms with Gasteiger partial charge >= 0.3 is 6.09 Å². The van der Waals surface area contributed by atoms with Crippen LogP contribution in [-0.4, -0.2) is 54.2 Å². The van der Waals surface area contributed by atoms with Crippen molar-refractivity contribution in [2.24, 2.45) is 0 Å². The molecular formula is C29H34ClFN4O4Si. The third-order valence-corrected chi connectivity index (χ3v) is 9.29. The van der Waals surface area contributed by atoms with Crippen molar-refractivity contribution in [1.82, 2.24) is 14.5 Å². The predicted molar refractivity (Wildman–Crippen MR) is 154 cm³/mol. The van der Waals surface area contributed by atoms with Crippen molar-refractivity contribution in [3.63, 3.8) is 0 Å². The highest BCUT2D eigenvalue weighted by atomic mass is 35.5. The van der Waals surface area contributed by atoms with Crippen LogP contribution in [0.4, 0.5) is 14.9 Å². The SMILES string of the molecule is C[Si](C)(C)CCOCn1cc(Cc2ccccc2)nc1C(=O)N1CCC[C@@]2(C1)OC(=O)Nc1ccc(Cl)c(F)c12. The first-order valence-electron chi connectivity index (χ1n) is 13.5. The van der Waals surface area contributed by atoms with Crippen LogP contribution in [0, 0.1) is 5.82 Å². The zero-order valence-electron chi connectivity index (χ0n) is 23.0. The Hall–Kier alpha value is -3.21. The fourth-order valence-corrected chi connectivity index (χ4v) is 6.17. The van der Waals surface area contributed by atoms with Crippen molar-refractivity contribution >= 4 is 37.4 Å². The number of hydrogen-bond donors (Lipinski definition) is 1. The minimum atomic E-state index is -1.35. The van der Waals surface area contributed by atoms with E-state index in [0.29, 0.717) is 38.1 Å². The molecular weight excluding hydrogens is 551 g/mol. The van der Waals surface area contributed by atoms with Crippen LogP contribution >= 0.6 is 11.6 Å². The summed E-state index contributed by atoms with van der Waals surface area (Å²) in [6.45, 7) is 8.05. The van der Waals surface area contributed by atoms with E-state index in [1.54, 1.807) is 15.5 Å². The molecule has 0 aliphatic carbocycles. The smallest absolute Gasteiger partial charge is 0.412 e. The average Bonchev–Trinajstić information content (AvgIpc) is 3.30. The average molecular weight is 585 g/mol. The van der Waals surface area contributed by atoms with Gasteiger partial charge in [0.1, 0.15) is 6.73 Å². The number of ether oxygens (including phenoxy) is 2. The lowest BCUT2D eigenvalue weighted by Crippen LogP contribution is -2.53. The van der Waals surface area contributed by atoms with Gasteiger partial charge in [-0.2, -0.15) is 0 Å². The Kier molecular flexibility index (Phi) is 8.03. The second-order valence-electron chi connectivity index (χ2n) is 11.7. The highest BCUT2D eigenvalue weighted by molar-refractivity contribution is 6.76. The number of benzene rings is 2. The first-order chi connectivity index (χ1) is 19.0. The van der Waals surface area contributed by atoms with Crippen LogP contribution in [0.1, 0.15) is 40.3 Å². The van der Waals surface area contributed by atoms with Gasteiger partial charge in [-0.15, -0.1) is 0 Å². The van der Waals surface area contributed by atoms with Gasteiger partial charge in [0.2, 0.25) is 5.82 Å². The van der Waals surface area contributed by atoms with Gasteiger partial charge in [-0.05, 0) is 36.6 Å². The summed E-state index contributed by atoms with van der Waals surface area (Å²) in [5.74, 6) is -0.746. The van der Waals surface area contributed by atoms with Gasteiger partial charge in [0.25, 0.3) is 5.91 Å². The van der Waals surface area contributed by atoms with Crippen molar-refractivity contribution < 1.29 is 23.5 Å². The van der Waals surface area contributed by atoms with Crippen molar-refractivity contribution in [2.75, 3.05) is 25.0 Å². The van der Waals surface area contributed by atoms with E-state index in [1.807, 2.05) is 36.5 Å². The fraction of sp³-hybridized carbons (Fsp3) is 0.414. The van der Waals surface area contributed by atoms with E-state index < -0.39 is 25.6 Å². The third-order valence-electron chi connectivity index (χ3n) is 7.29. The number of nitrogens with one attached hydrogen (secondary N) is 1. The minimum absolute atomic E-state index is 0.0130. The lowest BCUT2D eigenvalue weighted by molar-refractivity contribution is -0.0423. The number of halogens is 2. The second-order valence-corrected chi connectivity index (χ2v) is 17.7. The maximum absolute atomic E-state index is 15.3. The zero-order chi connectivity index (χ0) is 28.5. The number of aromatic nitrogens is 2. The molecule has 1 fully saturated rings. The molecule has 5 rings (SSSR count). The number of nitrogens with zero attached hydrogens (tertiary/aromatic N) is 3. The van der Waals surface area contributed by atoms with E-state index in [0.717, 1.165) is 17.3 Å². The Morgan fingerprint density at radius 1 is 1.23 bits per heavy atom. The van der Waals surface area contributed by atoms with Crippen molar-refractivity contribution in [1.29, 1.82) is 0 Å². The molecule has 0 saturated carbocycles. The third kappa shape index (κ3) is 6.08. The Balaban J connectivity index is 1.43. The van der Waals surface area contributed by atoms with Gasteiger partial charge in [0, 0.05) is 33.8 Å². The summed E-state index contributed by atoms with van der Waals surface area (Å²) < 4.78 is 28.8. The molecule has 3 aromatic rings. The Bertz CT molecular complexity index is 1410. The quantitative estimate of drug-likeness (QED) is 0.249. The monoisotopic (exact) mass is 584 g/mol. The Morgan fingerprint density at radius 3 is 2.75 bits per heavy atom. The maximum Gasteiger partial charge on any atom is 0.412 e. The summed E-state index contributed by atoms with van der Waals surface area (Å²) in [5, 5.41) is 2.49. The van der Waals surface area contributed by atoms with E-state index in [2.05, 4.69) is 25.0 Å². The first kappa shape index (κ1) is 28.3. The van der Waals surface area contributed by atoms with Gasteiger partial charge < -0.3 is 18.9 Å². The van der Waals surface area contributed by atoms with Gasteiger partial charge in [-0.25, -0.2) is 14.2 Å². The number of carbonyl (C=O) groups is 2. The van der Waals surface area contributed by atoms with Crippen molar-refractivity contribution in [2.45, 2.75) is 57.3 Å². The molecule has 1 N–H and O–H groups in total. The molecule has 3 heterocycles. The van der Waals surface area contributed by atoms with Crippen LogP contribution in [-0.2, 0) is 28.2 Å². The molecule has 11 heteroatoms. The summed E-state index contributed by atoms with van der Waals surface area (Å²) in [4.78, 5) is 32.7. The van der Waals surface area contributed by atoms with E-state index in [-0.39, 0.29) is 35.6 Å². The molecule has 1 saturated heterocycles. The molecule has 0 bridgehead atoms. The minimum Gasteiger partial charge on any atom is -0.436 e. The number of fused-ring (bicyclic) bond motifs is 2. The summed E-state index contributed by atoms with van der Waals surface area (Å²) in [7, 11) is -1.28. The maximum atomic E-state index is 15.3. The second kappa shape index (κ2) is 11.3. The van der Waals surface area contributed by atoms with Gasteiger partial charge in [-0.1, -0.05) is 61.6 Å². The molecule has 1 spiro atoms. The summed E-state index contributed by atoms with van der Waals surface area (Å²) in [6, 6.07) is 13.9. The van der Waals surface area contributed by atoms with Crippen LogP contribution in [0.25, 0.3) is 0 Å². The van der Waals surface area contributed by atoms with Crippen LogP contribution in [0.5, 0.6) is 0 Å². The van der Waals surface area contributed by atoms with E-state index in [9.17, 15) is 9.59 Å². The molecule has 212 valence electrons. The molecule has 2 amide bonds. The fourth-order valence-electron chi connectivity index (χ4n) is 5.26. The van der Waals surface area contributed by atoms with E-state index >= 15 is 4.39 Å². The van der Waals surface area contributed by atoms with E-state index in [1.165, 1.54) is 6.07 Å². The van der Waals surface area contributed by atoms with Gasteiger partial charge in [0.15, 0.2) is 11.4 Å². The highest BCUT2D eigenvalue weighted by Crippen LogP contribution is 2.45. The molecule has 40 heavy (non-hydrogen) atoms. The summed E-state index contributed by atoms with van der Waals surface area (Å²) in [5.41, 5.74) is 0.938. The Morgan fingerprint density at radius 2 is 2.00 bits per heavy atom. The van der Waals surface area contributed by atoms with Gasteiger partial charge in [0.05, 0.1) is 28.5 Å². The number of hydrogen-bond acceptors (Lipinski definition) is 5. The predicted octanol–water partition coefficient (Wildman–Crippen LogP) is 6.27. The number of piperidine rings is 1. The van der Waals surface area contributed by atoms with Crippen molar-refractivity contribution in [3.05, 3.63) is 82.1 Å². The molecule has 0 unspecified atom stereocenters. The molecule has 1 aromatic heterocycles. The summed E-state index contributed by atoms with van der Waals surface area (Å²) in [6.07, 6.45) is 2.60. The summed E-state index contributed by atoms with van der Waals surface area (Å²) >= 11 is 6.11. The largest absolute Gasteiger partial charge is 0.436 e. The number of anilines is 1. The number of rotatable bonds is 8. The zero-order valence-corrected chi connectivity index (χ0v) is 24.8. The van der Waals surface area contributed by atoms with Crippen LogP contribution in [0.15, 0.2) is 48.7 Å². The lowest BCUT2D eigenvalue weighted by atomic mass is 9.83. The van der Waals surface area contributed by atoms with Crippen LogP contribution in [0.3, 0.4) is 0 Å². The number of likely N-dealkylation sites (tertiary alicyclic amines) is 1. The number of carbonyl (C=O) groups excluding carboxylic acids is 2. The van der Waals surface area contributed by atoms with Crippen LogP contribution in [0.2, 0.25) is 30.7 Å². The molecule has 1 atom stereocenters. The number of amides is 2. The van der Waals surface area contributed by atoms with Crippen LogP contribution < -0.4 is 5.32 Å². The molecule has 8 nitrogen and oxygen atoms in total. The number of imidazole rings is 1. The first-order valence-corrected chi connectivity index (χ1v) is 17.6. The molecule has 2 aromatic carbocycles. The lowest BCUT2D eigenvalue weighted by Gasteiger charge is -2.45.